The summed E-state index contributed by atoms with van der Waals surface area (Å²) < 4.78 is 0. The van der Waals surface area contributed by atoms with Crippen molar-refractivity contribution in [3.05, 3.63) is 58.9 Å². The zero-order valence-electron chi connectivity index (χ0n) is 14.3. The number of urea groups is 1. The Labute approximate surface area is 141 Å². The number of nitrogens with zero attached hydrogens (tertiary/aromatic N) is 2. The van der Waals surface area contributed by atoms with Gasteiger partial charge in [0.2, 0.25) is 0 Å². The number of benzene rings is 2. The average Bonchev–Trinajstić information content (AvgIpc) is 2.52. The molecule has 1 heterocycles. The molecule has 0 saturated heterocycles. The Morgan fingerprint density at radius 2 is 1.54 bits per heavy atom. The molecule has 24 heavy (non-hydrogen) atoms. The van der Waals surface area contributed by atoms with Gasteiger partial charge in [0, 0.05) is 11.4 Å². The second kappa shape index (κ2) is 6.28. The number of hydrogen-bond acceptors (Lipinski definition) is 3. The molecule has 1 aromatic heterocycles. The lowest BCUT2D eigenvalue weighted by atomic mass is 10.1. The first-order valence-corrected chi connectivity index (χ1v) is 7.82. The third-order valence-electron chi connectivity index (χ3n) is 3.97. The van der Waals surface area contributed by atoms with Crippen LogP contribution in [0, 0.1) is 27.7 Å². The summed E-state index contributed by atoms with van der Waals surface area (Å²) in [6.07, 6.45) is 0. The summed E-state index contributed by atoms with van der Waals surface area (Å²) in [6.45, 7) is 7.82. The highest BCUT2D eigenvalue weighted by Crippen LogP contribution is 2.19. The van der Waals surface area contributed by atoms with Crippen molar-refractivity contribution in [1.82, 2.24) is 9.97 Å². The average molecular weight is 320 g/mol. The largest absolute Gasteiger partial charge is 0.323 e. The number of anilines is 2. The molecule has 0 radical (unpaired) electrons. The van der Waals surface area contributed by atoms with Crippen LogP contribution in [-0.4, -0.2) is 16.0 Å². The molecule has 0 bridgehead atoms. The second-order valence-electron chi connectivity index (χ2n) is 6.00. The maximum atomic E-state index is 12.2. The van der Waals surface area contributed by atoms with E-state index in [1.54, 1.807) is 0 Å². The molecule has 2 N–H and O–H groups in total. The van der Waals surface area contributed by atoms with Crippen molar-refractivity contribution in [1.29, 1.82) is 0 Å². The maximum Gasteiger partial charge on any atom is 0.323 e. The summed E-state index contributed by atoms with van der Waals surface area (Å²) in [6, 6.07) is 11.2. The van der Waals surface area contributed by atoms with E-state index in [2.05, 4.69) is 20.6 Å². The molecule has 2 aromatic carbocycles. The van der Waals surface area contributed by atoms with E-state index >= 15 is 0 Å². The molecule has 0 aliphatic rings. The highest BCUT2D eigenvalue weighted by molar-refractivity contribution is 6.01. The standard InChI is InChI=1S/C19H20N4O/c1-11-5-6-12(2)17(9-11)23-19(24)22-15-7-8-16-18(10-15)21-14(4)13(3)20-16/h5-10H,1-4H3,(H2,22,23,24). The van der Waals surface area contributed by atoms with Crippen LogP contribution < -0.4 is 10.6 Å². The van der Waals surface area contributed by atoms with Gasteiger partial charge in [-0.05, 0) is 63.1 Å². The Hall–Kier alpha value is -2.95. The van der Waals surface area contributed by atoms with E-state index in [1.807, 2.05) is 64.1 Å². The Balaban J connectivity index is 1.80. The van der Waals surface area contributed by atoms with Crippen LogP contribution in [-0.2, 0) is 0 Å². The molecular weight excluding hydrogens is 300 g/mol. The number of carbonyl (C=O) groups excluding carboxylic acids is 1. The van der Waals surface area contributed by atoms with Gasteiger partial charge in [-0.3, -0.25) is 0 Å². The van der Waals surface area contributed by atoms with E-state index in [-0.39, 0.29) is 6.03 Å². The highest BCUT2D eigenvalue weighted by atomic mass is 16.2. The molecule has 5 nitrogen and oxygen atoms in total. The molecule has 3 aromatic rings. The fourth-order valence-corrected chi connectivity index (χ4v) is 2.46. The summed E-state index contributed by atoms with van der Waals surface area (Å²) in [4.78, 5) is 21.3. The summed E-state index contributed by atoms with van der Waals surface area (Å²) >= 11 is 0. The van der Waals surface area contributed by atoms with Crippen LogP contribution in [0.5, 0.6) is 0 Å². The Morgan fingerprint density at radius 1 is 0.833 bits per heavy atom. The number of fused-ring (bicyclic) bond motifs is 1. The van der Waals surface area contributed by atoms with Gasteiger partial charge in [0.15, 0.2) is 0 Å². The predicted molar refractivity (Wildman–Crippen MR) is 97.6 cm³/mol. The van der Waals surface area contributed by atoms with Crippen molar-refractivity contribution >= 4 is 28.4 Å². The summed E-state index contributed by atoms with van der Waals surface area (Å²) in [5.74, 6) is 0. The number of nitrogens with one attached hydrogen (secondary N) is 2. The molecule has 0 atom stereocenters. The minimum atomic E-state index is -0.278. The summed E-state index contributed by atoms with van der Waals surface area (Å²) in [5, 5.41) is 5.73. The molecule has 0 saturated carbocycles. The first-order chi connectivity index (χ1) is 11.4. The zero-order chi connectivity index (χ0) is 17.3. The number of carbonyl (C=O) groups is 1. The van der Waals surface area contributed by atoms with Gasteiger partial charge in [-0.25, -0.2) is 14.8 Å². The molecule has 0 unspecified atom stereocenters. The molecule has 5 heteroatoms. The fourth-order valence-electron chi connectivity index (χ4n) is 2.46. The molecule has 0 aliphatic heterocycles. The lowest BCUT2D eigenvalue weighted by Crippen LogP contribution is -2.20. The third kappa shape index (κ3) is 3.35. The molecule has 0 aliphatic carbocycles. The van der Waals surface area contributed by atoms with Crippen LogP contribution >= 0.6 is 0 Å². The van der Waals surface area contributed by atoms with Crippen LogP contribution in [0.15, 0.2) is 36.4 Å². The van der Waals surface area contributed by atoms with E-state index in [0.717, 1.165) is 39.2 Å². The van der Waals surface area contributed by atoms with Crippen molar-refractivity contribution < 1.29 is 4.79 Å². The van der Waals surface area contributed by atoms with E-state index in [0.29, 0.717) is 5.69 Å². The van der Waals surface area contributed by atoms with Gasteiger partial charge in [-0.15, -0.1) is 0 Å². The maximum absolute atomic E-state index is 12.2. The van der Waals surface area contributed by atoms with E-state index in [1.165, 1.54) is 0 Å². The van der Waals surface area contributed by atoms with E-state index in [4.69, 9.17) is 0 Å². The van der Waals surface area contributed by atoms with Gasteiger partial charge in [0.25, 0.3) is 0 Å². The first kappa shape index (κ1) is 15.9. The molecular formula is C19H20N4O. The molecule has 3 rings (SSSR count). The second-order valence-corrected chi connectivity index (χ2v) is 6.00. The van der Waals surface area contributed by atoms with Gasteiger partial charge < -0.3 is 10.6 Å². The van der Waals surface area contributed by atoms with Gasteiger partial charge in [-0.1, -0.05) is 12.1 Å². The SMILES string of the molecule is Cc1ccc(C)c(NC(=O)Nc2ccc3nc(C)c(C)nc3c2)c1. The number of rotatable bonds is 2. The van der Waals surface area contributed by atoms with Crippen LogP contribution in [0.1, 0.15) is 22.5 Å². The van der Waals surface area contributed by atoms with Crippen LogP contribution in [0.3, 0.4) is 0 Å². The quantitative estimate of drug-likeness (QED) is 0.730. The molecule has 0 fully saturated rings. The minimum Gasteiger partial charge on any atom is -0.308 e. The molecule has 0 spiro atoms. The number of aryl methyl sites for hydroxylation is 4. The molecule has 122 valence electrons. The van der Waals surface area contributed by atoms with Gasteiger partial charge in [0.05, 0.1) is 22.4 Å². The first-order valence-electron chi connectivity index (χ1n) is 7.82. The van der Waals surface area contributed by atoms with Crippen LogP contribution in [0.25, 0.3) is 11.0 Å². The predicted octanol–water partition coefficient (Wildman–Crippen LogP) is 4.51. The van der Waals surface area contributed by atoms with Crippen LogP contribution in [0.2, 0.25) is 0 Å². The summed E-state index contributed by atoms with van der Waals surface area (Å²) in [7, 11) is 0. The number of hydrogen-bond donors (Lipinski definition) is 2. The fraction of sp³-hybridized carbons (Fsp3) is 0.211. The Morgan fingerprint density at radius 3 is 2.29 bits per heavy atom. The van der Waals surface area contributed by atoms with Crippen molar-refractivity contribution in [2.24, 2.45) is 0 Å². The van der Waals surface area contributed by atoms with Crippen molar-refractivity contribution in [3.63, 3.8) is 0 Å². The monoisotopic (exact) mass is 320 g/mol. The smallest absolute Gasteiger partial charge is 0.308 e. The van der Waals surface area contributed by atoms with Crippen molar-refractivity contribution in [2.45, 2.75) is 27.7 Å². The van der Waals surface area contributed by atoms with Gasteiger partial charge >= 0.3 is 6.03 Å². The Kier molecular flexibility index (Phi) is 4.16. The lowest BCUT2D eigenvalue weighted by molar-refractivity contribution is 0.262. The van der Waals surface area contributed by atoms with Crippen molar-refractivity contribution in [2.75, 3.05) is 10.6 Å². The summed E-state index contributed by atoms with van der Waals surface area (Å²) in [5.41, 5.74) is 6.99. The topological polar surface area (TPSA) is 66.9 Å². The number of aromatic nitrogens is 2. The highest BCUT2D eigenvalue weighted by Gasteiger charge is 2.07. The normalized spacial score (nSPS) is 10.7. The lowest BCUT2D eigenvalue weighted by Gasteiger charge is -2.11. The van der Waals surface area contributed by atoms with Crippen molar-refractivity contribution in [3.8, 4) is 0 Å². The zero-order valence-corrected chi connectivity index (χ0v) is 14.3. The van der Waals surface area contributed by atoms with Gasteiger partial charge in [-0.2, -0.15) is 0 Å². The van der Waals surface area contributed by atoms with E-state index < -0.39 is 0 Å². The van der Waals surface area contributed by atoms with Gasteiger partial charge in [0.1, 0.15) is 0 Å². The van der Waals surface area contributed by atoms with Crippen LogP contribution in [0.4, 0.5) is 16.2 Å². The number of amides is 2. The molecule has 2 amide bonds. The third-order valence-corrected chi connectivity index (χ3v) is 3.97. The van der Waals surface area contributed by atoms with E-state index in [9.17, 15) is 4.79 Å². The Bertz CT molecular complexity index is 934. The minimum absolute atomic E-state index is 0.278.